The third kappa shape index (κ3) is 3.26. The fourth-order valence-electron chi connectivity index (χ4n) is 2.45. The van der Waals surface area contributed by atoms with Crippen LogP contribution in [0.25, 0.3) is 0 Å². The van der Waals surface area contributed by atoms with Crippen LogP contribution in [0.2, 0.25) is 0 Å². The summed E-state index contributed by atoms with van der Waals surface area (Å²) in [7, 11) is 0. The second kappa shape index (κ2) is 5.91. The Balaban J connectivity index is 1.88. The van der Waals surface area contributed by atoms with Crippen LogP contribution in [0.5, 0.6) is 0 Å². The van der Waals surface area contributed by atoms with Crippen molar-refractivity contribution in [3.05, 3.63) is 17.3 Å². The fourth-order valence-corrected chi connectivity index (χ4v) is 3.41. The summed E-state index contributed by atoms with van der Waals surface area (Å²) in [6, 6.07) is 0.617. The molecule has 2 rings (SSSR count). The van der Waals surface area contributed by atoms with E-state index in [0.717, 1.165) is 29.1 Å². The molecule has 2 unspecified atom stereocenters. The lowest BCUT2D eigenvalue weighted by atomic mass is 9.95. The molecule has 1 heterocycles. The van der Waals surface area contributed by atoms with Crippen molar-refractivity contribution < 1.29 is 4.42 Å². The van der Waals surface area contributed by atoms with Gasteiger partial charge in [0.25, 0.3) is 0 Å². The molecular formula is C13H22N2OS. The van der Waals surface area contributed by atoms with Crippen molar-refractivity contribution in [2.24, 2.45) is 0 Å². The highest BCUT2D eigenvalue weighted by Gasteiger charge is 2.24. The van der Waals surface area contributed by atoms with E-state index in [9.17, 15) is 0 Å². The van der Waals surface area contributed by atoms with Crippen LogP contribution in [-0.2, 0) is 6.54 Å². The summed E-state index contributed by atoms with van der Waals surface area (Å²) in [5, 5.41) is 4.35. The zero-order chi connectivity index (χ0) is 12.3. The van der Waals surface area contributed by atoms with Crippen LogP contribution < -0.4 is 5.32 Å². The smallest absolute Gasteiger partial charge is 0.208 e. The Morgan fingerprint density at radius 1 is 1.35 bits per heavy atom. The van der Waals surface area contributed by atoms with E-state index < -0.39 is 0 Å². The number of nitrogens with zero attached hydrogens (tertiary/aromatic N) is 1. The molecule has 0 aromatic carbocycles. The average Bonchev–Trinajstić information content (AvgIpc) is 2.66. The van der Waals surface area contributed by atoms with Crippen molar-refractivity contribution in [2.75, 3.05) is 6.26 Å². The van der Waals surface area contributed by atoms with E-state index in [-0.39, 0.29) is 0 Å². The van der Waals surface area contributed by atoms with Crippen molar-refractivity contribution >= 4 is 11.8 Å². The van der Waals surface area contributed by atoms with Gasteiger partial charge in [-0.3, -0.25) is 0 Å². The minimum absolute atomic E-state index is 0.617. The predicted molar refractivity (Wildman–Crippen MR) is 72.4 cm³/mol. The minimum atomic E-state index is 0.617. The van der Waals surface area contributed by atoms with Crippen molar-refractivity contribution in [1.29, 1.82) is 0 Å². The molecule has 96 valence electrons. The highest BCUT2D eigenvalue weighted by molar-refractivity contribution is 7.99. The first-order chi connectivity index (χ1) is 8.20. The van der Waals surface area contributed by atoms with Crippen LogP contribution in [0.1, 0.15) is 43.0 Å². The van der Waals surface area contributed by atoms with Crippen LogP contribution in [0.15, 0.2) is 4.42 Å². The van der Waals surface area contributed by atoms with E-state index in [1.54, 1.807) is 0 Å². The van der Waals surface area contributed by atoms with Gasteiger partial charge in [-0.05, 0) is 32.9 Å². The molecule has 1 aromatic heterocycles. The second-order valence-corrected chi connectivity index (χ2v) is 5.87. The molecule has 1 aliphatic carbocycles. The summed E-state index contributed by atoms with van der Waals surface area (Å²) in [4.78, 5) is 4.41. The first-order valence-electron chi connectivity index (χ1n) is 6.40. The lowest BCUT2D eigenvalue weighted by molar-refractivity contribution is 0.358. The molecule has 0 saturated heterocycles. The van der Waals surface area contributed by atoms with Crippen LogP contribution in [0.4, 0.5) is 0 Å². The first kappa shape index (κ1) is 13.0. The van der Waals surface area contributed by atoms with E-state index >= 15 is 0 Å². The van der Waals surface area contributed by atoms with Crippen molar-refractivity contribution in [3.8, 4) is 0 Å². The predicted octanol–water partition coefficient (Wildman–Crippen LogP) is 3.06. The SMILES string of the molecule is CSC1CCCCC1NCc1nc(C)c(C)o1. The third-order valence-electron chi connectivity index (χ3n) is 3.59. The quantitative estimate of drug-likeness (QED) is 0.896. The van der Waals surface area contributed by atoms with Gasteiger partial charge in [-0.15, -0.1) is 0 Å². The largest absolute Gasteiger partial charge is 0.444 e. The van der Waals surface area contributed by atoms with Gasteiger partial charge in [-0.1, -0.05) is 12.8 Å². The van der Waals surface area contributed by atoms with E-state index in [4.69, 9.17) is 4.42 Å². The third-order valence-corrected chi connectivity index (χ3v) is 4.76. The molecule has 0 amide bonds. The number of hydrogen-bond donors (Lipinski definition) is 1. The number of thioether (sulfide) groups is 1. The monoisotopic (exact) mass is 254 g/mol. The van der Waals surface area contributed by atoms with Crippen LogP contribution in [0.3, 0.4) is 0 Å². The summed E-state index contributed by atoms with van der Waals surface area (Å²) >= 11 is 1.98. The molecule has 1 N–H and O–H groups in total. The molecule has 1 aromatic rings. The maximum absolute atomic E-state index is 5.59. The number of oxazole rings is 1. The lowest BCUT2D eigenvalue weighted by Gasteiger charge is -2.30. The molecule has 1 saturated carbocycles. The van der Waals surface area contributed by atoms with Gasteiger partial charge >= 0.3 is 0 Å². The maximum Gasteiger partial charge on any atom is 0.208 e. The number of nitrogens with one attached hydrogen (secondary N) is 1. The van der Waals surface area contributed by atoms with Gasteiger partial charge < -0.3 is 9.73 Å². The summed E-state index contributed by atoms with van der Waals surface area (Å²) in [6.45, 7) is 4.72. The van der Waals surface area contributed by atoms with Crippen molar-refractivity contribution in [3.63, 3.8) is 0 Å². The average molecular weight is 254 g/mol. The second-order valence-electron chi connectivity index (χ2n) is 4.80. The maximum atomic E-state index is 5.59. The molecule has 0 spiro atoms. The summed E-state index contributed by atoms with van der Waals surface area (Å²) in [5.74, 6) is 1.76. The molecule has 17 heavy (non-hydrogen) atoms. The Bertz CT molecular complexity index is 345. The van der Waals surface area contributed by atoms with Gasteiger partial charge in [0.1, 0.15) is 5.76 Å². The Morgan fingerprint density at radius 2 is 2.12 bits per heavy atom. The van der Waals surface area contributed by atoms with Gasteiger partial charge in [0, 0.05) is 11.3 Å². The minimum Gasteiger partial charge on any atom is -0.444 e. The highest BCUT2D eigenvalue weighted by Crippen LogP contribution is 2.27. The lowest BCUT2D eigenvalue weighted by Crippen LogP contribution is -2.40. The van der Waals surface area contributed by atoms with Crippen LogP contribution in [0, 0.1) is 13.8 Å². The molecule has 1 fully saturated rings. The fraction of sp³-hybridized carbons (Fsp3) is 0.769. The van der Waals surface area contributed by atoms with Crippen LogP contribution in [-0.4, -0.2) is 22.5 Å². The number of aromatic nitrogens is 1. The van der Waals surface area contributed by atoms with E-state index in [2.05, 4.69) is 16.6 Å². The molecular weight excluding hydrogens is 232 g/mol. The molecule has 1 aliphatic rings. The van der Waals surface area contributed by atoms with E-state index in [1.807, 2.05) is 25.6 Å². The first-order valence-corrected chi connectivity index (χ1v) is 7.68. The summed E-state index contributed by atoms with van der Waals surface area (Å²) in [6.07, 6.45) is 7.55. The van der Waals surface area contributed by atoms with E-state index in [0.29, 0.717) is 6.04 Å². The van der Waals surface area contributed by atoms with Crippen LogP contribution >= 0.6 is 11.8 Å². The Labute approximate surface area is 108 Å². The molecule has 2 atom stereocenters. The normalized spacial score (nSPS) is 25.1. The zero-order valence-corrected chi connectivity index (χ0v) is 11.8. The number of hydrogen-bond acceptors (Lipinski definition) is 4. The van der Waals surface area contributed by atoms with Gasteiger partial charge in [0.05, 0.1) is 12.2 Å². The van der Waals surface area contributed by atoms with Gasteiger partial charge in [-0.25, -0.2) is 4.98 Å². The summed E-state index contributed by atoms with van der Waals surface area (Å²) in [5.41, 5.74) is 1.01. The Kier molecular flexibility index (Phi) is 4.51. The van der Waals surface area contributed by atoms with Gasteiger partial charge in [0.15, 0.2) is 0 Å². The molecule has 4 heteroatoms. The van der Waals surface area contributed by atoms with Gasteiger partial charge in [-0.2, -0.15) is 11.8 Å². The standard InChI is InChI=1S/C13H22N2OS/c1-9-10(2)16-13(15-9)8-14-11-6-4-5-7-12(11)17-3/h11-12,14H,4-8H2,1-3H3. The highest BCUT2D eigenvalue weighted by atomic mass is 32.2. The number of rotatable bonds is 4. The van der Waals surface area contributed by atoms with Gasteiger partial charge in [0.2, 0.25) is 5.89 Å². The Hall–Kier alpha value is -0.480. The van der Waals surface area contributed by atoms with E-state index in [1.165, 1.54) is 25.7 Å². The summed E-state index contributed by atoms with van der Waals surface area (Å²) < 4.78 is 5.59. The number of aryl methyl sites for hydroxylation is 2. The molecule has 0 aliphatic heterocycles. The van der Waals surface area contributed by atoms with Crippen molar-refractivity contribution in [2.45, 2.75) is 57.4 Å². The zero-order valence-electron chi connectivity index (χ0n) is 11.0. The molecule has 3 nitrogen and oxygen atoms in total. The Morgan fingerprint density at radius 3 is 2.76 bits per heavy atom. The molecule has 0 bridgehead atoms. The molecule has 0 radical (unpaired) electrons. The topological polar surface area (TPSA) is 38.1 Å². The van der Waals surface area contributed by atoms with Crippen molar-refractivity contribution in [1.82, 2.24) is 10.3 Å².